The molecule has 0 bridgehead atoms. The standard InChI is InChI=1S/C29H28F3NO8/c1-36-23-10-4-17(14-25(23)37-2)12-19-16-39-27(34)22(19)13-18-5-11-24(26(15-18)38-3)40-28(35)33-20-6-8-21(9-7-20)41-29(30,31)32/h4-11,14-15,19,22H,12-13,16H2,1-3H3,(H,33,35)/t19-,22+/m0/s1. The van der Waals surface area contributed by atoms with E-state index in [9.17, 15) is 22.8 Å². The molecular weight excluding hydrogens is 547 g/mol. The maximum atomic E-state index is 12.6. The minimum Gasteiger partial charge on any atom is -0.493 e. The Morgan fingerprint density at radius 2 is 1.44 bits per heavy atom. The molecule has 218 valence electrons. The molecule has 0 unspecified atom stereocenters. The highest BCUT2D eigenvalue weighted by molar-refractivity contribution is 5.86. The lowest BCUT2D eigenvalue weighted by atomic mass is 9.85. The van der Waals surface area contributed by atoms with Crippen molar-refractivity contribution in [3.05, 3.63) is 71.8 Å². The van der Waals surface area contributed by atoms with Crippen molar-refractivity contribution < 1.29 is 51.2 Å². The van der Waals surface area contributed by atoms with Gasteiger partial charge in [-0.25, -0.2) is 4.79 Å². The quantitative estimate of drug-likeness (QED) is 0.303. The Morgan fingerprint density at radius 3 is 2.05 bits per heavy atom. The number of cyclic esters (lactones) is 1. The molecule has 41 heavy (non-hydrogen) atoms. The Kier molecular flexibility index (Phi) is 9.10. The molecule has 1 amide bonds. The number of nitrogens with one attached hydrogen (secondary N) is 1. The van der Waals surface area contributed by atoms with E-state index in [4.69, 9.17) is 23.7 Å². The summed E-state index contributed by atoms with van der Waals surface area (Å²) >= 11 is 0. The second-order valence-corrected chi connectivity index (χ2v) is 9.17. The van der Waals surface area contributed by atoms with Crippen molar-refractivity contribution >= 4 is 17.7 Å². The predicted octanol–water partition coefficient (Wildman–Crippen LogP) is 5.80. The summed E-state index contributed by atoms with van der Waals surface area (Å²) in [5.74, 6) is 0.405. The molecule has 1 saturated heterocycles. The zero-order valence-corrected chi connectivity index (χ0v) is 22.4. The van der Waals surface area contributed by atoms with E-state index in [1.165, 1.54) is 25.3 Å². The van der Waals surface area contributed by atoms with E-state index < -0.39 is 24.1 Å². The summed E-state index contributed by atoms with van der Waals surface area (Å²) in [4.78, 5) is 25.0. The molecule has 1 fully saturated rings. The molecule has 0 aliphatic carbocycles. The van der Waals surface area contributed by atoms with Crippen LogP contribution in [0.15, 0.2) is 60.7 Å². The molecule has 0 spiro atoms. The van der Waals surface area contributed by atoms with E-state index in [0.29, 0.717) is 30.9 Å². The molecule has 1 aliphatic rings. The van der Waals surface area contributed by atoms with Gasteiger partial charge < -0.3 is 28.4 Å². The number of rotatable bonds is 10. The Labute approximate surface area is 234 Å². The van der Waals surface area contributed by atoms with Crippen molar-refractivity contribution in [1.82, 2.24) is 0 Å². The number of ether oxygens (including phenoxy) is 6. The van der Waals surface area contributed by atoms with Crippen molar-refractivity contribution in [2.75, 3.05) is 33.3 Å². The molecule has 3 aromatic carbocycles. The number of esters is 1. The molecule has 2 atom stereocenters. The maximum absolute atomic E-state index is 12.6. The van der Waals surface area contributed by atoms with Gasteiger partial charge in [0.15, 0.2) is 23.0 Å². The molecule has 3 aromatic rings. The van der Waals surface area contributed by atoms with E-state index in [0.717, 1.165) is 23.3 Å². The highest BCUT2D eigenvalue weighted by atomic mass is 19.4. The average Bonchev–Trinajstić information content (AvgIpc) is 3.27. The van der Waals surface area contributed by atoms with Crippen molar-refractivity contribution in [2.24, 2.45) is 11.8 Å². The highest BCUT2D eigenvalue weighted by Crippen LogP contribution is 2.35. The molecule has 0 aromatic heterocycles. The van der Waals surface area contributed by atoms with Gasteiger partial charge in [-0.3, -0.25) is 10.1 Å². The Morgan fingerprint density at radius 1 is 0.854 bits per heavy atom. The van der Waals surface area contributed by atoms with E-state index in [2.05, 4.69) is 10.1 Å². The van der Waals surface area contributed by atoms with Crippen molar-refractivity contribution in [3.63, 3.8) is 0 Å². The highest BCUT2D eigenvalue weighted by Gasteiger charge is 2.37. The first-order valence-corrected chi connectivity index (χ1v) is 12.5. The van der Waals surface area contributed by atoms with Crippen molar-refractivity contribution in [1.29, 1.82) is 0 Å². The SMILES string of the molecule is COc1ccc(C[C@H]2COC(=O)[C@@H]2Cc2ccc(OC(=O)Nc3ccc(OC(F)(F)F)cc3)c(OC)c2)cc1OC. The average molecular weight is 576 g/mol. The van der Waals surface area contributed by atoms with E-state index in [1.54, 1.807) is 26.4 Å². The molecule has 1 heterocycles. The van der Waals surface area contributed by atoms with Crippen LogP contribution in [0, 0.1) is 11.8 Å². The summed E-state index contributed by atoms with van der Waals surface area (Å²) in [6.07, 6.45) is -4.72. The number of benzene rings is 3. The zero-order valence-electron chi connectivity index (χ0n) is 22.4. The maximum Gasteiger partial charge on any atom is 0.573 e. The van der Waals surface area contributed by atoms with Gasteiger partial charge in [0.25, 0.3) is 0 Å². The minimum absolute atomic E-state index is 0.0683. The topological polar surface area (TPSA) is 102 Å². The first-order valence-electron chi connectivity index (χ1n) is 12.5. The van der Waals surface area contributed by atoms with Crippen LogP contribution in [-0.2, 0) is 22.4 Å². The summed E-state index contributed by atoms with van der Waals surface area (Å²) in [5.41, 5.74) is 1.95. The molecule has 9 nitrogen and oxygen atoms in total. The van der Waals surface area contributed by atoms with Crippen LogP contribution in [0.1, 0.15) is 11.1 Å². The van der Waals surface area contributed by atoms with Gasteiger partial charge in [0.05, 0.1) is 33.9 Å². The summed E-state index contributed by atoms with van der Waals surface area (Å²) in [6, 6.07) is 15.1. The smallest absolute Gasteiger partial charge is 0.493 e. The van der Waals surface area contributed by atoms with Crippen molar-refractivity contribution in [3.8, 4) is 28.7 Å². The van der Waals surface area contributed by atoms with Crippen LogP contribution < -0.4 is 29.0 Å². The summed E-state index contributed by atoms with van der Waals surface area (Å²) < 4.78 is 67.6. The van der Waals surface area contributed by atoms with Crippen LogP contribution in [0.4, 0.5) is 23.7 Å². The fourth-order valence-corrected chi connectivity index (χ4v) is 4.53. The first kappa shape index (κ1) is 29.4. The third-order valence-corrected chi connectivity index (χ3v) is 6.48. The number of carbonyl (C=O) groups excluding carboxylic acids is 2. The molecular formula is C29H28F3NO8. The second-order valence-electron chi connectivity index (χ2n) is 9.17. The summed E-state index contributed by atoms with van der Waals surface area (Å²) in [5, 5.41) is 2.42. The summed E-state index contributed by atoms with van der Waals surface area (Å²) in [6.45, 7) is 0.291. The Bertz CT molecular complexity index is 1380. The van der Waals surface area contributed by atoms with Gasteiger partial charge in [-0.2, -0.15) is 0 Å². The van der Waals surface area contributed by atoms with Gasteiger partial charge in [0.1, 0.15) is 5.75 Å². The Hall–Kier alpha value is -4.61. The van der Waals surface area contributed by atoms with E-state index >= 15 is 0 Å². The van der Waals surface area contributed by atoms with Crippen LogP contribution in [0.25, 0.3) is 0 Å². The van der Waals surface area contributed by atoms with Crippen LogP contribution in [-0.4, -0.2) is 46.4 Å². The monoisotopic (exact) mass is 575 g/mol. The van der Waals surface area contributed by atoms with Crippen molar-refractivity contribution in [2.45, 2.75) is 19.2 Å². The number of hydrogen-bond donors (Lipinski definition) is 1. The van der Waals surface area contributed by atoms with Crippen LogP contribution in [0.2, 0.25) is 0 Å². The molecule has 1 aliphatic heterocycles. The fraction of sp³-hybridized carbons (Fsp3) is 0.310. The largest absolute Gasteiger partial charge is 0.573 e. The van der Waals surface area contributed by atoms with Gasteiger partial charge in [0, 0.05) is 11.6 Å². The summed E-state index contributed by atoms with van der Waals surface area (Å²) in [7, 11) is 4.53. The third-order valence-electron chi connectivity index (χ3n) is 6.48. The number of hydrogen-bond acceptors (Lipinski definition) is 8. The third kappa shape index (κ3) is 7.74. The van der Waals surface area contributed by atoms with E-state index in [-0.39, 0.29) is 29.1 Å². The molecule has 0 saturated carbocycles. The second kappa shape index (κ2) is 12.7. The van der Waals surface area contributed by atoms with Gasteiger partial charge in [-0.1, -0.05) is 12.1 Å². The molecule has 0 radical (unpaired) electrons. The number of amides is 1. The number of halogens is 3. The van der Waals surface area contributed by atoms with Gasteiger partial charge in [0.2, 0.25) is 0 Å². The molecule has 4 rings (SSSR count). The molecule has 12 heteroatoms. The lowest BCUT2D eigenvalue weighted by molar-refractivity contribution is -0.274. The normalized spacial score (nSPS) is 16.5. The van der Waals surface area contributed by atoms with Crippen LogP contribution >= 0.6 is 0 Å². The Balaban J connectivity index is 1.40. The zero-order chi connectivity index (χ0) is 29.6. The number of carbonyl (C=O) groups is 2. The minimum atomic E-state index is -4.82. The fourth-order valence-electron chi connectivity index (χ4n) is 4.53. The number of alkyl halides is 3. The lowest BCUT2D eigenvalue weighted by Crippen LogP contribution is -2.21. The lowest BCUT2D eigenvalue weighted by Gasteiger charge is -2.17. The number of methoxy groups -OCH3 is 3. The van der Waals surface area contributed by atoms with Gasteiger partial charge in [-0.05, 0) is 72.5 Å². The van der Waals surface area contributed by atoms with Crippen LogP contribution in [0.5, 0.6) is 28.7 Å². The van der Waals surface area contributed by atoms with E-state index in [1.807, 2.05) is 18.2 Å². The predicted molar refractivity (Wildman–Crippen MR) is 141 cm³/mol. The first-order chi connectivity index (χ1) is 19.6. The van der Waals surface area contributed by atoms with Crippen LogP contribution in [0.3, 0.4) is 0 Å². The molecule has 1 N–H and O–H groups in total. The van der Waals surface area contributed by atoms with Gasteiger partial charge in [-0.15, -0.1) is 13.2 Å². The number of anilines is 1. The van der Waals surface area contributed by atoms with Gasteiger partial charge >= 0.3 is 18.4 Å².